The van der Waals surface area contributed by atoms with Crippen molar-refractivity contribution in [1.29, 1.82) is 0 Å². The van der Waals surface area contributed by atoms with Crippen molar-refractivity contribution >= 4 is 5.69 Å². The second-order valence-corrected chi connectivity index (χ2v) is 4.18. The Labute approximate surface area is 112 Å². The van der Waals surface area contributed by atoms with Gasteiger partial charge < -0.3 is 5.32 Å². The van der Waals surface area contributed by atoms with E-state index in [0.717, 1.165) is 6.07 Å². The molecule has 0 unspecified atom stereocenters. The van der Waals surface area contributed by atoms with Gasteiger partial charge in [0.25, 0.3) is 0 Å². The van der Waals surface area contributed by atoms with E-state index >= 15 is 0 Å². The molecule has 0 saturated heterocycles. The molecule has 0 heterocycles. The maximum absolute atomic E-state index is 13.1. The monoisotopic (exact) mass is 287 g/mol. The van der Waals surface area contributed by atoms with Gasteiger partial charge in [-0.3, -0.25) is 0 Å². The Morgan fingerprint density at radius 1 is 0.950 bits per heavy atom. The summed E-state index contributed by atoms with van der Waals surface area (Å²) in [4.78, 5) is 0. The van der Waals surface area contributed by atoms with E-state index in [-0.39, 0.29) is 12.2 Å². The molecule has 0 aliphatic heterocycles. The Balaban J connectivity index is 2.14. The molecule has 0 spiro atoms. The fourth-order valence-electron chi connectivity index (χ4n) is 1.70. The minimum atomic E-state index is -4.75. The van der Waals surface area contributed by atoms with Gasteiger partial charge in [0, 0.05) is 12.2 Å². The SMILES string of the molecule is Fc1cccc(CNc2ccc(F)c(C(F)(F)F)c2)c1. The zero-order valence-electron chi connectivity index (χ0n) is 10.1. The van der Waals surface area contributed by atoms with Crippen LogP contribution in [0.3, 0.4) is 0 Å². The lowest BCUT2D eigenvalue weighted by atomic mass is 10.1. The molecule has 0 bridgehead atoms. The lowest BCUT2D eigenvalue weighted by Crippen LogP contribution is -2.09. The molecule has 1 N–H and O–H groups in total. The van der Waals surface area contributed by atoms with Crippen LogP contribution in [0.1, 0.15) is 11.1 Å². The summed E-state index contributed by atoms with van der Waals surface area (Å²) in [6.07, 6.45) is -4.75. The van der Waals surface area contributed by atoms with E-state index in [2.05, 4.69) is 5.32 Å². The van der Waals surface area contributed by atoms with E-state index in [1.807, 2.05) is 0 Å². The molecule has 2 aromatic rings. The van der Waals surface area contributed by atoms with Crippen LogP contribution in [0.25, 0.3) is 0 Å². The summed E-state index contributed by atoms with van der Waals surface area (Å²) in [5, 5.41) is 2.69. The van der Waals surface area contributed by atoms with Gasteiger partial charge in [0.2, 0.25) is 0 Å². The van der Waals surface area contributed by atoms with Gasteiger partial charge in [-0.2, -0.15) is 13.2 Å². The van der Waals surface area contributed by atoms with Gasteiger partial charge in [-0.15, -0.1) is 0 Å². The van der Waals surface area contributed by atoms with Gasteiger partial charge >= 0.3 is 6.18 Å². The maximum Gasteiger partial charge on any atom is 0.419 e. The highest BCUT2D eigenvalue weighted by atomic mass is 19.4. The fourth-order valence-corrected chi connectivity index (χ4v) is 1.70. The molecule has 0 aliphatic carbocycles. The zero-order valence-corrected chi connectivity index (χ0v) is 10.1. The second kappa shape index (κ2) is 5.48. The largest absolute Gasteiger partial charge is 0.419 e. The fraction of sp³-hybridized carbons (Fsp3) is 0.143. The van der Waals surface area contributed by atoms with E-state index < -0.39 is 23.4 Å². The zero-order chi connectivity index (χ0) is 14.8. The highest BCUT2D eigenvalue weighted by molar-refractivity contribution is 5.47. The first-order valence-corrected chi connectivity index (χ1v) is 5.71. The smallest absolute Gasteiger partial charge is 0.381 e. The lowest BCUT2D eigenvalue weighted by Gasteiger charge is -2.11. The summed E-state index contributed by atoms with van der Waals surface area (Å²) < 4.78 is 63.6. The van der Waals surface area contributed by atoms with Crippen LogP contribution in [0.2, 0.25) is 0 Å². The van der Waals surface area contributed by atoms with Crippen molar-refractivity contribution in [3.8, 4) is 0 Å². The lowest BCUT2D eigenvalue weighted by molar-refractivity contribution is -0.139. The molecule has 0 fully saturated rings. The molecule has 106 valence electrons. The molecule has 1 nitrogen and oxygen atoms in total. The summed E-state index contributed by atoms with van der Waals surface area (Å²) in [5.41, 5.74) is -0.646. The number of benzene rings is 2. The van der Waals surface area contributed by atoms with Crippen molar-refractivity contribution < 1.29 is 22.0 Å². The third kappa shape index (κ3) is 3.46. The highest BCUT2D eigenvalue weighted by Crippen LogP contribution is 2.33. The van der Waals surface area contributed by atoms with Crippen molar-refractivity contribution in [2.45, 2.75) is 12.7 Å². The Bertz CT molecular complexity index is 607. The van der Waals surface area contributed by atoms with Crippen molar-refractivity contribution in [2.75, 3.05) is 5.32 Å². The number of hydrogen-bond donors (Lipinski definition) is 1. The number of nitrogens with one attached hydrogen (secondary N) is 1. The van der Waals surface area contributed by atoms with Crippen molar-refractivity contribution in [3.05, 3.63) is 65.2 Å². The van der Waals surface area contributed by atoms with Crippen LogP contribution in [0, 0.1) is 11.6 Å². The summed E-state index contributed by atoms with van der Waals surface area (Å²) in [6.45, 7) is 0.140. The summed E-state index contributed by atoms with van der Waals surface area (Å²) >= 11 is 0. The quantitative estimate of drug-likeness (QED) is 0.814. The molecular formula is C14H10F5N. The third-order valence-corrected chi connectivity index (χ3v) is 2.66. The van der Waals surface area contributed by atoms with Crippen LogP contribution in [-0.4, -0.2) is 0 Å². The average molecular weight is 287 g/mol. The predicted molar refractivity (Wildman–Crippen MR) is 65.1 cm³/mol. The molecule has 2 rings (SSSR count). The Morgan fingerprint density at radius 3 is 2.35 bits per heavy atom. The molecule has 0 aromatic heterocycles. The third-order valence-electron chi connectivity index (χ3n) is 2.66. The van der Waals surface area contributed by atoms with Crippen LogP contribution < -0.4 is 5.32 Å². The Hall–Kier alpha value is -2.11. The van der Waals surface area contributed by atoms with Gasteiger partial charge in [-0.1, -0.05) is 12.1 Å². The first kappa shape index (κ1) is 14.3. The highest BCUT2D eigenvalue weighted by Gasteiger charge is 2.34. The number of alkyl halides is 3. The summed E-state index contributed by atoms with van der Waals surface area (Å²) in [7, 11) is 0. The van der Waals surface area contributed by atoms with Crippen LogP contribution in [0.4, 0.5) is 27.6 Å². The second-order valence-electron chi connectivity index (χ2n) is 4.18. The first-order chi connectivity index (χ1) is 9.36. The van der Waals surface area contributed by atoms with E-state index in [9.17, 15) is 22.0 Å². The Morgan fingerprint density at radius 2 is 1.70 bits per heavy atom. The van der Waals surface area contributed by atoms with Crippen LogP contribution in [0.15, 0.2) is 42.5 Å². The molecule has 0 atom stereocenters. The van der Waals surface area contributed by atoms with E-state index in [1.165, 1.54) is 24.3 Å². The molecule has 0 amide bonds. The molecule has 2 aromatic carbocycles. The molecule has 0 radical (unpaired) electrons. The normalized spacial score (nSPS) is 11.4. The molecular weight excluding hydrogens is 277 g/mol. The number of halogens is 5. The van der Waals surface area contributed by atoms with Crippen molar-refractivity contribution in [2.24, 2.45) is 0 Å². The van der Waals surface area contributed by atoms with Gasteiger partial charge in [0.05, 0.1) is 5.56 Å². The van der Waals surface area contributed by atoms with Crippen molar-refractivity contribution in [1.82, 2.24) is 0 Å². The van der Waals surface area contributed by atoms with Crippen LogP contribution >= 0.6 is 0 Å². The number of anilines is 1. The van der Waals surface area contributed by atoms with Gasteiger partial charge in [-0.25, -0.2) is 8.78 Å². The van der Waals surface area contributed by atoms with Crippen molar-refractivity contribution in [3.63, 3.8) is 0 Å². The number of rotatable bonds is 3. The van der Waals surface area contributed by atoms with Crippen LogP contribution in [0.5, 0.6) is 0 Å². The van der Waals surface area contributed by atoms with Gasteiger partial charge in [-0.05, 0) is 35.9 Å². The van der Waals surface area contributed by atoms with Gasteiger partial charge in [0.1, 0.15) is 11.6 Å². The topological polar surface area (TPSA) is 12.0 Å². The minimum absolute atomic E-state index is 0.114. The summed E-state index contributed by atoms with van der Waals surface area (Å²) in [6, 6.07) is 8.29. The molecule has 20 heavy (non-hydrogen) atoms. The van der Waals surface area contributed by atoms with E-state index in [1.54, 1.807) is 6.07 Å². The Kier molecular flexibility index (Phi) is 3.92. The van der Waals surface area contributed by atoms with E-state index in [0.29, 0.717) is 11.6 Å². The average Bonchev–Trinajstić information content (AvgIpc) is 2.36. The first-order valence-electron chi connectivity index (χ1n) is 5.71. The maximum atomic E-state index is 13.1. The van der Waals surface area contributed by atoms with Gasteiger partial charge in [0.15, 0.2) is 0 Å². The minimum Gasteiger partial charge on any atom is -0.381 e. The molecule has 0 aliphatic rings. The van der Waals surface area contributed by atoms with E-state index in [4.69, 9.17) is 0 Å². The number of hydrogen-bond acceptors (Lipinski definition) is 1. The standard InChI is InChI=1S/C14H10F5N/c15-10-3-1-2-9(6-10)8-20-11-4-5-13(16)12(7-11)14(17,18)19/h1-7,20H,8H2. The molecule has 6 heteroatoms. The molecule has 0 saturated carbocycles. The van der Waals surface area contributed by atoms with Crippen LogP contribution in [-0.2, 0) is 12.7 Å². The summed E-state index contributed by atoms with van der Waals surface area (Å²) in [5.74, 6) is -1.76. The predicted octanol–water partition coefficient (Wildman–Crippen LogP) is 4.60.